The van der Waals surface area contributed by atoms with E-state index in [1.165, 1.54) is 35.6 Å². The number of anilines is 1. The summed E-state index contributed by atoms with van der Waals surface area (Å²) in [5.41, 5.74) is 0.820. The molecule has 0 aliphatic carbocycles. The van der Waals surface area contributed by atoms with Gasteiger partial charge in [-0.2, -0.15) is 0 Å². The lowest BCUT2D eigenvalue weighted by molar-refractivity contribution is -0.133. The summed E-state index contributed by atoms with van der Waals surface area (Å²) < 4.78 is 0. The molecule has 1 heterocycles. The van der Waals surface area contributed by atoms with E-state index in [4.69, 9.17) is 5.11 Å². The number of carbonyl (C=O) groups excluding carboxylic acids is 2. The van der Waals surface area contributed by atoms with Gasteiger partial charge in [-0.3, -0.25) is 14.4 Å². The Hall–Kier alpha value is -2.32. The molecule has 6 nitrogen and oxygen atoms in total. The molecule has 0 atom stereocenters. The van der Waals surface area contributed by atoms with Crippen molar-refractivity contribution in [3.8, 4) is 5.75 Å². The fourth-order valence-corrected chi connectivity index (χ4v) is 3.94. The van der Waals surface area contributed by atoms with Crippen LogP contribution in [0.15, 0.2) is 30.3 Å². The van der Waals surface area contributed by atoms with E-state index in [1.54, 1.807) is 6.07 Å². The van der Waals surface area contributed by atoms with Crippen molar-refractivity contribution >= 4 is 45.8 Å². The molecule has 0 aliphatic rings. The van der Waals surface area contributed by atoms with Gasteiger partial charge in [0.25, 0.3) is 0 Å². The molecule has 0 fully saturated rings. The second-order valence-corrected chi connectivity index (χ2v) is 7.64. The molecule has 0 spiro atoms. The van der Waals surface area contributed by atoms with Gasteiger partial charge in [0.15, 0.2) is 5.78 Å². The smallest absolute Gasteiger partial charge is 0.313 e. The number of phenols is 1. The van der Waals surface area contributed by atoms with Gasteiger partial charge < -0.3 is 15.5 Å². The Bertz CT molecular complexity index is 798. The van der Waals surface area contributed by atoms with Gasteiger partial charge in [-0.25, -0.2) is 0 Å². The van der Waals surface area contributed by atoms with Crippen LogP contribution in [-0.4, -0.2) is 39.4 Å². The van der Waals surface area contributed by atoms with Crippen molar-refractivity contribution in [2.45, 2.75) is 19.8 Å². The molecule has 8 heteroatoms. The highest BCUT2D eigenvalue weighted by Crippen LogP contribution is 2.31. The quantitative estimate of drug-likeness (QED) is 0.564. The summed E-state index contributed by atoms with van der Waals surface area (Å²) in [5.74, 6) is -1.65. The SMILES string of the molecule is CCCc1cc(C(=O)c2ccc(O)cc2)c(NC(=O)CSCC(=O)O)s1. The Morgan fingerprint density at radius 1 is 1.15 bits per heavy atom. The number of hydrogen-bond donors (Lipinski definition) is 3. The first-order valence-corrected chi connectivity index (χ1v) is 9.93. The maximum atomic E-state index is 12.8. The molecule has 3 N–H and O–H groups in total. The molecule has 1 aromatic heterocycles. The molecule has 0 saturated heterocycles. The van der Waals surface area contributed by atoms with Crippen molar-refractivity contribution in [1.29, 1.82) is 0 Å². The van der Waals surface area contributed by atoms with Gasteiger partial charge >= 0.3 is 5.97 Å². The van der Waals surface area contributed by atoms with Crippen LogP contribution in [0.5, 0.6) is 5.75 Å². The number of aliphatic carboxylic acids is 1. The van der Waals surface area contributed by atoms with Gasteiger partial charge in [0.05, 0.1) is 17.1 Å². The minimum absolute atomic E-state index is 0.000150. The number of carboxylic acid groups (broad SMARTS) is 1. The number of thioether (sulfide) groups is 1. The number of rotatable bonds is 9. The number of aromatic hydroxyl groups is 1. The Balaban J connectivity index is 2.19. The number of carbonyl (C=O) groups is 3. The van der Waals surface area contributed by atoms with Crippen molar-refractivity contribution in [2.75, 3.05) is 16.8 Å². The Labute approximate surface area is 159 Å². The first-order valence-electron chi connectivity index (χ1n) is 7.96. The standard InChI is InChI=1S/C18H19NO5S2/c1-2-3-13-8-14(17(24)11-4-6-12(20)7-5-11)18(26-13)19-15(21)9-25-10-16(22)23/h4-8,20H,2-3,9-10H2,1H3,(H,19,21)(H,22,23). The van der Waals surface area contributed by atoms with Gasteiger partial charge in [-0.15, -0.1) is 23.1 Å². The van der Waals surface area contributed by atoms with Gasteiger partial charge in [0, 0.05) is 10.4 Å². The van der Waals surface area contributed by atoms with Crippen LogP contribution in [0, 0.1) is 0 Å². The number of nitrogens with one attached hydrogen (secondary N) is 1. The molecule has 2 rings (SSSR count). The number of hydrogen-bond acceptors (Lipinski definition) is 6. The zero-order valence-electron chi connectivity index (χ0n) is 14.2. The minimum Gasteiger partial charge on any atom is -0.508 e. The number of phenolic OH excluding ortho intramolecular Hbond substituents is 1. The zero-order chi connectivity index (χ0) is 19.1. The fraction of sp³-hybridized carbons (Fsp3) is 0.278. The lowest BCUT2D eigenvalue weighted by Gasteiger charge is -2.06. The summed E-state index contributed by atoms with van der Waals surface area (Å²) >= 11 is 2.35. The fourth-order valence-electron chi connectivity index (χ4n) is 2.24. The van der Waals surface area contributed by atoms with Gasteiger partial charge in [0.2, 0.25) is 5.91 Å². The normalized spacial score (nSPS) is 10.5. The van der Waals surface area contributed by atoms with E-state index >= 15 is 0 Å². The average Bonchev–Trinajstić information content (AvgIpc) is 2.97. The van der Waals surface area contributed by atoms with E-state index < -0.39 is 5.97 Å². The summed E-state index contributed by atoms with van der Waals surface area (Å²) in [6, 6.07) is 7.72. The molecular weight excluding hydrogens is 374 g/mol. The lowest BCUT2D eigenvalue weighted by Crippen LogP contribution is -2.16. The Morgan fingerprint density at radius 3 is 2.46 bits per heavy atom. The van der Waals surface area contributed by atoms with Crippen LogP contribution in [-0.2, 0) is 16.0 Å². The molecule has 0 radical (unpaired) electrons. The van der Waals surface area contributed by atoms with Gasteiger partial charge in [0.1, 0.15) is 10.8 Å². The topological polar surface area (TPSA) is 104 Å². The second kappa shape index (κ2) is 9.40. The molecule has 0 aliphatic heterocycles. The third kappa shape index (κ3) is 5.60. The average molecular weight is 393 g/mol. The largest absolute Gasteiger partial charge is 0.508 e. The first kappa shape index (κ1) is 20.0. The number of carboxylic acids is 1. The highest BCUT2D eigenvalue weighted by molar-refractivity contribution is 8.00. The molecule has 26 heavy (non-hydrogen) atoms. The van der Waals surface area contributed by atoms with Crippen LogP contribution in [0.4, 0.5) is 5.00 Å². The van der Waals surface area contributed by atoms with Crippen LogP contribution in [0.2, 0.25) is 0 Å². The number of benzene rings is 1. The predicted molar refractivity (Wildman–Crippen MR) is 103 cm³/mol. The number of thiophene rings is 1. The van der Waals surface area contributed by atoms with E-state index in [0.29, 0.717) is 16.1 Å². The summed E-state index contributed by atoms with van der Waals surface area (Å²) in [7, 11) is 0. The van der Waals surface area contributed by atoms with Crippen LogP contribution in [0.1, 0.15) is 34.1 Å². The van der Waals surface area contributed by atoms with Crippen molar-refractivity contribution in [2.24, 2.45) is 0 Å². The Kier molecular flexibility index (Phi) is 7.23. The molecule has 138 valence electrons. The number of amides is 1. The molecule has 0 saturated carbocycles. The molecule has 1 amide bonds. The van der Waals surface area contributed by atoms with Crippen molar-refractivity contribution in [3.63, 3.8) is 0 Å². The summed E-state index contributed by atoms with van der Waals surface area (Å²) in [6.45, 7) is 2.03. The summed E-state index contributed by atoms with van der Waals surface area (Å²) in [5, 5.41) is 21.2. The first-order chi connectivity index (χ1) is 12.4. The van der Waals surface area contributed by atoms with E-state index in [-0.39, 0.29) is 28.9 Å². The third-order valence-corrected chi connectivity index (χ3v) is 5.39. The highest BCUT2D eigenvalue weighted by atomic mass is 32.2. The molecule has 1 aromatic carbocycles. The van der Waals surface area contributed by atoms with Crippen molar-refractivity contribution < 1.29 is 24.6 Å². The monoisotopic (exact) mass is 393 g/mol. The molecule has 0 bridgehead atoms. The van der Waals surface area contributed by atoms with E-state index in [9.17, 15) is 19.5 Å². The maximum Gasteiger partial charge on any atom is 0.313 e. The lowest BCUT2D eigenvalue weighted by atomic mass is 10.0. The second-order valence-electron chi connectivity index (χ2n) is 5.52. The van der Waals surface area contributed by atoms with Crippen molar-refractivity contribution in [1.82, 2.24) is 0 Å². The van der Waals surface area contributed by atoms with E-state index in [0.717, 1.165) is 29.5 Å². The summed E-state index contributed by atoms with van der Waals surface area (Å²) in [4.78, 5) is 36.3. The molecule has 0 unspecified atom stereocenters. The maximum absolute atomic E-state index is 12.8. The Morgan fingerprint density at radius 2 is 1.85 bits per heavy atom. The predicted octanol–water partition coefficient (Wildman–Crippen LogP) is 3.39. The third-order valence-electron chi connectivity index (χ3n) is 3.37. The van der Waals surface area contributed by atoms with Crippen LogP contribution in [0.3, 0.4) is 0 Å². The summed E-state index contributed by atoms with van der Waals surface area (Å²) in [6.07, 6.45) is 1.71. The van der Waals surface area contributed by atoms with E-state index in [2.05, 4.69) is 5.32 Å². The van der Waals surface area contributed by atoms with E-state index in [1.807, 2.05) is 6.92 Å². The van der Waals surface area contributed by atoms with Crippen LogP contribution < -0.4 is 5.32 Å². The van der Waals surface area contributed by atoms with Gasteiger partial charge in [-0.1, -0.05) is 13.3 Å². The molecular formula is C18H19NO5S2. The van der Waals surface area contributed by atoms with Crippen LogP contribution >= 0.6 is 23.1 Å². The minimum atomic E-state index is -0.979. The van der Waals surface area contributed by atoms with Gasteiger partial charge in [-0.05, 0) is 36.8 Å². The number of ketones is 1. The molecule has 2 aromatic rings. The zero-order valence-corrected chi connectivity index (χ0v) is 15.8. The number of aryl methyl sites for hydroxylation is 1. The highest BCUT2D eigenvalue weighted by Gasteiger charge is 2.19. The van der Waals surface area contributed by atoms with Crippen molar-refractivity contribution in [3.05, 3.63) is 46.3 Å². The van der Waals surface area contributed by atoms with Crippen LogP contribution in [0.25, 0.3) is 0 Å².